The second-order valence-corrected chi connectivity index (χ2v) is 5.38. The average Bonchev–Trinajstić information content (AvgIpc) is 2.46. The standard InChI is InChI=1S/C15H23ClN2/c1-14(15-6-3-2-4-7-15)18-12-10-17(11-13-18)9-5-8-16/h2-4,6-7,14H,5,8-13H2,1H3. The molecule has 0 bridgehead atoms. The van der Waals surface area contributed by atoms with Crippen LogP contribution < -0.4 is 0 Å². The minimum Gasteiger partial charge on any atom is -0.301 e. The molecule has 1 fully saturated rings. The summed E-state index contributed by atoms with van der Waals surface area (Å²) in [5.41, 5.74) is 1.42. The third kappa shape index (κ3) is 3.71. The van der Waals surface area contributed by atoms with Gasteiger partial charge in [0, 0.05) is 38.1 Å². The van der Waals surface area contributed by atoms with Gasteiger partial charge in [-0.3, -0.25) is 4.90 Å². The van der Waals surface area contributed by atoms with Crippen molar-refractivity contribution in [3.63, 3.8) is 0 Å². The molecule has 0 aliphatic carbocycles. The molecule has 0 spiro atoms. The van der Waals surface area contributed by atoms with Crippen molar-refractivity contribution in [2.75, 3.05) is 38.6 Å². The minimum absolute atomic E-state index is 0.529. The molecule has 100 valence electrons. The normalized spacial score (nSPS) is 19.9. The Morgan fingerprint density at radius 2 is 1.78 bits per heavy atom. The van der Waals surface area contributed by atoms with Gasteiger partial charge in [0.1, 0.15) is 0 Å². The van der Waals surface area contributed by atoms with Crippen molar-refractivity contribution in [3.05, 3.63) is 35.9 Å². The van der Waals surface area contributed by atoms with Gasteiger partial charge < -0.3 is 4.90 Å². The zero-order chi connectivity index (χ0) is 12.8. The SMILES string of the molecule is CC(c1ccccc1)N1CCN(CCCCl)CC1. The summed E-state index contributed by atoms with van der Waals surface area (Å²) in [6, 6.07) is 11.3. The Hall–Kier alpha value is -0.570. The highest BCUT2D eigenvalue weighted by atomic mass is 35.5. The van der Waals surface area contributed by atoms with Crippen molar-refractivity contribution in [2.45, 2.75) is 19.4 Å². The fraction of sp³-hybridized carbons (Fsp3) is 0.600. The molecular formula is C15H23ClN2. The Morgan fingerprint density at radius 1 is 1.11 bits per heavy atom. The van der Waals surface area contributed by atoms with Crippen molar-refractivity contribution in [2.24, 2.45) is 0 Å². The van der Waals surface area contributed by atoms with Crippen LogP contribution in [0.2, 0.25) is 0 Å². The van der Waals surface area contributed by atoms with Gasteiger partial charge in [0.15, 0.2) is 0 Å². The molecule has 1 aliphatic rings. The molecule has 2 nitrogen and oxygen atoms in total. The first kappa shape index (κ1) is 13.9. The Morgan fingerprint density at radius 3 is 2.39 bits per heavy atom. The number of hydrogen-bond acceptors (Lipinski definition) is 2. The van der Waals surface area contributed by atoms with Gasteiger partial charge in [-0.2, -0.15) is 0 Å². The number of halogens is 1. The maximum atomic E-state index is 5.74. The molecule has 1 aromatic carbocycles. The highest BCUT2D eigenvalue weighted by Gasteiger charge is 2.21. The lowest BCUT2D eigenvalue weighted by atomic mass is 10.1. The van der Waals surface area contributed by atoms with E-state index in [1.54, 1.807) is 0 Å². The maximum absolute atomic E-state index is 5.74. The summed E-state index contributed by atoms with van der Waals surface area (Å²) < 4.78 is 0. The Balaban J connectivity index is 1.82. The van der Waals surface area contributed by atoms with Gasteiger partial charge in [-0.15, -0.1) is 11.6 Å². The summed E-state index contributed by atoms with van der Waals surface area (Å²) in [5.74, 6) is 0.778. The van der Waals surface area contributed by atoms with E-state index in [0.717, 1.165) is 18.8 Å². The molecule has 1 aromatic rings. The molecule has 1 saturated heterocycles. The molecule has 18 heavy (non-hydrogen) atoms. The fourth-order valence-corrected chi connectivity index (χ4v) is 2.72. The molecule has 2 rings (SSSR count). The average molecular weight is 267 g/mol. The number of nitrogens with zero attached hydrogens (tertiary/aromatic N) is 2. The minimum atomic E-state index is 0.529. The van der Waals surface area contributed by atoms with E-state index in [4.69, 9.17) is 11.6 Å². The van der Waals surface area contributed by atoms with Gasteiger partial charge in [0.2, 0.25) is 0 Å². The summed E-state index contributed by atoms with van der Waals surface area (Å²) in [5, 5.41) is 0. The summed E-state index contributed by atoms with van der Waals surface area (Å²) in [6.07, 6.45) is 1.11. The number of hydrogen-bond donors (Lipinski definition) is 0. The largest absolute Gasteiger partial charge is 0.301 e. The van der Waals surface area contributed by atoms with Crippen LogP contribution >= 0.6 is 11.6 Å². The van der Waals surface area contributed by atoms with Crippen LogP contribution in [0, 0.1) is 0 Å². The van der Waals surface area contributed by atoms with Crippen LogP contribution in [0.5, 0.6) is 0 Å². The van der Waals surface area contributed by atoms with E-state index in [9.17, 15) is 0 Å². The van der Waals surface area contributed by atoms with Gasteiger partial charge in [-0.05, 0) is 25.5 Å². The van der Waals surface area contributed by atoms with E-state index >= 15 is 0 Å². The van der Waals surface area contributed by atoms with E-state index in [2.05, 4.69) is 47.1 Å². The molecule has 3 heteroatoms. The van der Waals surface area contributed by atoms with Crippen LogP contribution in [-0.2, 0) is 0 Å². The summed E-state index contributed by atoms with van der Waals surface area (Å²) in [7, 11) is 0. The van der Waals surface area contributed by atoms with Crippen molar-refractivity contribution in [3.8, 4) is 0 Å². The number of piperazine rings is 1. The topological polar surface area (TPSA) is 6.48 Å². The maximum Gasteiger partial charge on any atom is 0.0320 e. The van der Waals surface area contributed by atoms with Gasteiger partial charge in [0.05, 0.1) is 0 Å². The first-order valence-corrected chi connectivity index (χ1v) is 7.42. The molecule has 0 radical (unpaired) electrons. The molecule has 1 aliphatic heterocycles. The Labute approximate surface area is 116 Å². The van der Waals surface area contributed by atoms with Crippen molar-refractivity contribution < 1.29 is 0 Å². The lowest BCUT2D eigenvalue weighted by Gasteiger charge is -2.38. The van der Waals surface area contributed by atoms with Crippen LogP contribution in [0.25, 0.3) is 0 Å². The number of alkyl halides is 1. The Kier molecular flexibility index (Phi) is 5.48. The molecule has 1 atom stereocenters. The lowest BCUT2D eigenvalue weighted by molar-refractivity contribution is 0.103. The van der Waals surface area contributed by atoms with Gasteiger partial charge >= 0.3 is 0 Å². The van der Waals surface area contributed by atoms with E-state index in [1.807, 2.05) is 0 Å². The highest BCUT2D eigenvalue weighted by Crippen LogP contribution is 2.21. The van der Waals surface area contributed by atoms with Crippen molar-refractivity contribution in [1.82, 2.24) is 9.80 Å². The highest BCUT2D eigenvalue weighted by molar-refractivity contribution is 6.17. The summed E-state index contributed by atoms with van der Waals surface area (Å²) >= 11 is 5.74. The first-order valence-electron chi connectivity index (χ1n) is 6.88. The van der Waals surface area contributed by atoms with Crippen LogP contribution in [0.1, 0.15) is 24.9 Å². The second-order valence-electron chi connectivity index (χ2n) is 5.01. The zero-order valence-electron chi connectivity index (χ0n) is 11.2. The predicted octanol–water partition coefficient (Wildman–Crippen LogP) is 2.99. The van der Waals surface area contributed by atoms with E-state index in [0.29, 0.717) is 6.04 Å². The molecule has 0 aromatic heterocycles. The summed E-state index contributed by atoms with van der Waals surface area (Å²) in [4.78, 5) is 5.10. The van der Waals surface area contributed by atoms with Crippen molar-refractivity contribution in [1.29, 1.82) is 0 Å². The fourth-order valence-electron chi connectivity index (χ4n) is 2.60. The lowest BCUT2D eigenvalue weighted by Crippen LogP contribution is -2.47. The van der Waals surface area contributed by atoms with Crippen LogP contribution in [0.3, 0.4) is 0 Å². The van der Waals surface area contributed by atoms with Gasteiger partial charge in [-0.1, -0.05) is 30.3 Å². The number of benzene rings is 1. The van der Waals surface area contributed by atoms with E-state index < -0.39 is 0 Å². The third-order valence-corrected chi connectivity index (χ3v) is 4.11. The molecule has 0 saturated carbocycles. The van der Waals surface area contributed by atoms with Crippen molar-refractivity contribution >= 4 is 11.6 Å². The second kappa shape index (κ2) is 7.13. The smallest absolute Gasteiger partial charge is 0.0320 e. The molecular weight excluding hydrogens is 244 g/mol. The van der Waals surface area contributed by atoms with Gasteiger partial charge in [-0.25, -0.2) is 0 Å². The van der Waals surface area contributed by atoms with Crippen LogP contribution in [0.4, 0.5) is 0 Å². The number of rotatable bonds is 5. The quantitative estimate of drug-likeness (QED) is 0.756. The monoisotopic (exact) mass is 266 g/mol. The first-order chi connectivity index (χ1) is 8.81. The van der Waals surface area contributed by atoms with Crippen LogP contribution in [0.15, 0.2) is 30.3 Å². The van der Waals surface area contributed by atoms with E-state index in [-0.39, 0.29) is 0 Å². The molecule has 1 heterocycles. The molecule has 0 amide bonds. The molecule has 0 N–H and O–H groups in total. The van der Waals surface area contributed by atoms with Gasteiger partial charge in [0.25, 0.3) is 0 Å². The predicted molar refractivity (Wildman–Crippen MR) is 78.2 cm³/mol. The third-order valence-electron chi connectivity index (χ3n) is 3.84. The zero-order valence-corrected chi connectivity index (χ0v) is 11.9. The Bertz CT molecular complexity index is 334. The van der Waals surface area contributed by atoms with Crippen LogP contribution in [-0.4, -0.2) is 48.4 Å². The van der Waals surface area contributed by atoms with E-state index in [1.165, 1.54) is 31.7 Å². The molecule has 1 unspecified atom stereocenters. The summed E-state index contributed by atoms with van der Waals surface area (Å²) in [6.45, 7) is 8.14.